The Hall–Kier alpha value is -1.84. The van der Waals surface area contributed by atoms with E-state index in [0.29, 0.717) is 17.7 Å². The highest BCUT2D eigenvalue weighted by atomic mass is 19.1. The van der Waals surface area contributed by atoms with Crippen LogP contribution in [0.4, 0.5) is 8.78 Å². The largest absolute Gasteiger partial charge is 0.403 e. The highest BCUT2D eigenvalue weighted by Crippen LogP contribution is 2.09. The van der Waals surface area contributed by atoms with Crippen LogP contribution in [-0.4, -0.2) is 0 Å². The van der Waals surface area contributed by atoms with Gasteiger partial charge in [0.2, 0.25) is 0 Å². The van der Waals surface area contributed by atoms with Gasteiger partial charge in [-0.15, -0.1) is 0 Å². The van der Waals surface area contributed by atoms with Crippen molar-refractivity contribution in [2.75, 3.05) is 0 Å². The van der Waals surface area contributed by atoms with Crippen LogP contribution in [0.25, 0.3) is 0 Å². The predicted molar refractivity (Wildman–Crippen MR) is 55.7 cm³/mol. The van der Waals surface area contributed by atoms with E-state index >= 15 is 0 Å². The lowest BCUT2D eigenvalue weighted by Gasteiger charge is -1.97. The summed E-state index contributed by atoms with van der Waals surface area (Å²) in [6, 6.07) is 3.38. The van der Waals surface area contributed by atoms with Crippen molar-refractivity contribution in [2.45, 2.75) is 6.42 Å². The van der Waals surface area contributed by atoms with Crippen molar-refractivity contribution in [3.8, 4) is 0 Å². The Morgan fingerprint density at radius 1 is 1.20 bits per heavy atom. The first kappa shape index (κ1) is 11.2. The highest BCUT2D eigenvalue weighted by Gasteiger charge is 1.98. The van der Waals surface area contributed by atoms with Crippen LogP contribution < -0.4 is 11.5 Å². The minimum absolute atomic E-state index is 0.406. The molecule has 0 aliphatic carbocycles. The molecule has 4 heteroatoms. The van der Waals surface area contributed by atoms with Gasteiger partial charge in [-0.1, -0.05) is 6.08 Å². The topological polar surface area (TPSA) is 52.0 Å². The van der Waals surface area contributed by atoms with Crippen LogP contribution in [0.2, 0.25) is 0 Å². The molecule has 1 rings (SSSR count). The molecule has 2 nitrogen and oxygen atoms in total. The van der Waals surface area contributed by atoms with Crippen LogP contribution in [0.15, 0.2) is 42.2 Å². The molecule has 0 spiro atoms. The van der Waals surface area contributed by atoms with E-state index in [9.17, 15) is 8.78 Å². The number of hydrogen-bond donors (Lipinski definition) is 2. The molecule has 80 valence electrons. The SMILES string of the molecule is N/C=C(N)\C=C/Cc1cc(F)cc(F)c1. The fourth-order valence-electron chi connectivity index (χ4n) is 1.12. The van der Waals surface area contributed by atoms with Crippen LogP contribution in [0.3, 0.4) is 0 Å². The average molecular weight is 210 g/mol. The van der Waals surface area contributed by atoms with Gasteiger partial charge in [0.05, 0.1) is 0 Å². The second-order valence-electron chi connectivity index (χ2n) is 3.05. The quantitative estimate of drug-likeness (QED) is 0.748. The summed E-state index contributed by atoms with van der Waals surface area (Å²) in [5, 5.41) is 0. The van der Waals surface area contributed by atoms with Crippen molar-refractivity contribution in [3.63, 3.8) is 0 Å². The van der Waals surface area contributed by atoms with Crippen LogP contribution in [-0.2, 0) is 6.42 Å². The number of nitrogens with two attached hydrogens (primary N) is 2. The molecular formula is C11H12F2N2. The van der Waals surface area contributed by atoms with Crippen molar-refractivity contribution in [1.82, 2.24) is 0 Å². The van der Waals surface area contributed by atoms with E-state index in [1.165, 1.54) is 18.3 Å². The van der Waals surface area contributed by atoms with Gasteiger partial charge in [-0.05, 0) is 30.2 Å². The van der Waals surface area contributed by atoms with Crippen LogP contribution >= 0.6 is 0 Å². The monoisotopic (exact) mass is 210 g/mol. The number of allylic oxidation sites excluding steroid dienone is 2. The van der Waals surface area contributed by atoms with Gasteiger partial charge in [0, 0.05) is 18.0 Å². The first-order valence-electron chi connectivity index (χ1n) is 4.40. The Morgan fingerprint density at radius 3 is 2.33 bits per heavy atom. The lowest BCUT2D eigenvalue weighted by Crippen LogP contribution is -1.96. The van der Waals surface area contributed by atoms with E-state index in [2.05, 4.69) is 0 Å². The summed E-state index contributed by atoms with van der Waals surface area (Å²) < 4.78 is 25.5. The van der Waals surface area contributed by atoms with Gasteiger partial charge in [-0.3, -0.25) is 0 Å². The van der Waals surface area contributed by atoms with Crippen molar-refractivity contribution in [2.24, 2.45) is 11.5 Å². The molecule has 4 N–H and O–H groups in total. The Balaban J connectivity index is 2.69. The molecule has 1 aromatic rings. The second-order valence-corrected chi connectivity index (χ2v) is 3.05. The van der Waals surface area contributed by atoms with Crippen molar-refractivity contribution < 1.29 is 8.78 Å². The van der Waals surface area contributed by atoms with Gasteiger partial charge in [-0.2, -0.15) is 0 Å². The Bertz CT molecular complexity index is 377. The molecule has 0 amide bonds. The zero-order valence-corrected chi connectivity index (χ0v) is 8.08. The third-order valence-electron chi connectivity index (χ3n) is 1.78. The number of hydrogen-bond acceptors (Lipinski definition) is 2. The van der Waals surface area contributed by atoms with Crippen LogP contribution in [0, 0.1) is 11.6 Å². The van der Waals surface area contributed by atoms with Gasteiger partial charge >= 0.3 is 0 Å². The molecule has 1 aromatic carbocycles. The molecule has 0 radical (unpaired) electrons. The lowest BCUT2D eigenvalue weighted by atomic mass is 10.1. The summed E-state index contributed by atoms with van der Waals surface area (Å²) in [6.45, 7) is 0. The minimum Gasteiger partial charge on any atom is -0.403 e. The predicted octanol–water partition coefficient (Wildman–Crippen LogP) is 1.82. The van der Waals surface area contributed by atoms with Gasteiger partial charge in [0.15, 0.2) is 0 Å². The van der Waals surface area contributed by atoms with Crippen molar-refractivity contribution in [1.29, 1.82) is 0 Å². The Kier molecular flexibility index (Phi) is 3.85. The third kappa shape index (κ3) is 3.81. The number of rotatable bonds is 3. The Labute approximate surface area is 86.9 Å². The van der Waals surface area contributed by atoms with E-state index < -0.39 is 11.6 Å². The van der Waals surface area contributed by atoms with Gasteiger partial charge in [0.1, 0.15) is 11.6 Å². The van der Waals surface area contributed by atoms with Crippen LogP contribution in [0.1, 0.15) is 5.56 Å². The van der Waals surface area contributed by atoms with Crippen LogP contribution in [0.5, 0.6) is 0 Å². The van der Waals surface area contributed by atoms with Gasteiger partial charge in [0.25, 0.3) is 0 Å². The molecule has 15 heavy (non-hydrogen) atoms. The van der Waals surface area contributed by atoms with E-state index in [0.717, 1.165) is 6.07 Å². The molecule has 0 saturated heterocycles. The normalized spacial score (nSPS) is 12.3. The maximum absolute atomic E-state index is 12.8. The highest BCUT2D eigenvalue weighted by molar-refractivity contribution is 5.22. The zero-order chi connectivity index (χ0) is 11.3. The molecule has 0 aliphatic rings. The number of benzene rings is 1. The fraction of sp³-hybridized carbons (Fsp3) is 0.0909. The summed E-state index contributed by atoms with van der Waals surface area (Å²) in [5.41, 5.74) is 11.5. The minimum atomic E-state index is -0.583. The van der Waals surface area contributed by atoms with Crippen molar-refractivity contribution in [3.05, 3.63) is 59.4 Å². The third-order valence-corrected chi connectivity index (χ3v) is 1.78. The fourth-order valence-corrected chi connectivity index (χ4v) is 1.12. The molecule has 0 heterocycles. The molecule has 0 bridgehead atoms. The van der Waals surface area contributed by atoms with E-state index in [1.807, 2.05) is 0 Å². The Morgan fingerprint density at radius 2 is 1.80 bits per heavy atom. The number of halogens is 2. The summed E-state index contributed by atoms with van der Waals surface area (Å²) in [5.74, 6) is -1.17. The maximum atomic E-state index is 12.8. The first-order valence-corrected chi connectivity index (χ1v) is 4.40. The van der Waals surface area contributed by atoms with E-state index in [-0.39, 0.29) is 0 Å². The molecular weight excluding hydrogens is 198 g/mol. The van der Waals surface area contributed by atoms with E-state index in [4.69, 9.17) is 11.5 Å². The van der Waals surface area contributed by atoms with Crippen molar-refractivity contribution >= 4 is 0 Å². The first-order chi connectivity index (χ1) is 7.11. The molecule has 0 aliphatic heterocycles. The van der Waals surface area contributed by atoms with Gasteiger partial charge < -0.3 is 11.5 Å². The zero-order valence-electron chi connectivity index (χ0n) is 8.08. The summed E-state index contributed by atoms with van der Waals surface area (Å²) >= 11 is 0. The second kappa shape index (κ2) is 5.14. The molecule has 0 aromatic heterocycles. The van der Waals surface area contributed by atoms with E-state index in [1.54, 1.807) is 12.2 Å². The van der Waals surface area contributed by atoms with Gasteiger partial charge in [-0.25, -0.2) is 8.78 Å². The lowest BCUT2D eigenvalue weighted by molar-refractivity contribution is 0.580. The summed E-state index contributed by atoms with van der Waals surface area (Å²) in [4.78, 5) is 0. The molecule has 0 saturated carbocycles. The molecule has 0 unspecified atom stereocenters. The summed E-state index contributed by atoms with van der Waals surface area (Å²) in [6.07, 6.45) is 4.93. The molecule has 0 fully saturated rings. The maximum Gasteiger partial charge on any atom is 0.126 e. The average Bonchev–Trinajstić information content (AvgIpc) is 2.16. The smallest absolute Gasteiger partial charge is 0.126 e. The molecule has 0 atom stereocenters. The summed E-state index contributed by atoms with van der Waals surface area (Å²) in [7, 11) is 0. The standard InChI is InChI=1S/C11H12F2N2/c12-9-4-8(5-10(13)6-9)2-1-3-11(15)7-14/h1,3-7H,2,14-15H2/b3-1-,11-7+.